The second-order valence-corrected chi connectivity index (χ2v) is 13.9. The lowest BCUT2D eigenvalue weighted by Crippen LogP contribution is -2.14. The van der Waals surface area contributed by atoms with Crippen LogP contribution < -0.4 is 0 Å². The van der Waals surface area contributed by atoms with E-state index >= 15 is 0 Å². The third kappa shape index (κ3) is 3.72. The monoisotopic (exact) mass is 620 g/mol. The van der Waals surface area contributed by atoms with Crippen molar-refractivity contribution in [3.8, 4) is 39.6 Å². The number of pyridine rings is 3. The van der Waals surface area contributed by atoms with Crippen molar-refractivity contribution >= 4 is 53.3 Å². The fourth-order valence-electron chi connectivity index (χ4n) is 7.83. The second kappa shape index (κ2) is 9.68. The lowest BCUT2D eigenvalue weighted by atomic mass is 9.82. The SMILES string of the molecule is CC1(C)c2ccccc2-c2ccc3c(sc4ccc5c6ccccc6n(-c6cc(-c7ccccn7)nc(-c7ccccn7)c6)c5c43)c21. The quantitative estimate of drug-likeness (QED) is 0.197. The summed E-state index contributed by atoms with van der Waals surface area (Å²) in [5.41, 5.74) is 12.2. The lowest BCUT2D eigenvalue weighted by Gasteiger charge is -2.22. The molecule has 0 saturated carbocycles. The average Bonchev–Trinajstić information content (AvgIpc) is 3.74. The summed E-state index contributed by atoms with van der Waals surface area (Å²) in [6.07, 6.45) is 3.65. The Labute approximate surface area is 275 Å². The van der Waals surface area contributed by atoms with E-state index in [0.717, 1.165) is 34.0 Å². The molecule has 0 bridgehead atoms. The Bertz CT molecular complexity index is 2640. The number of nitrogens with zero attached hydrogens (tertiary/aromatic N) is 4. The van der Waals surface area contributed by atoms with Gasteiger partial charge < -0.3 is 4.57 Å². The molecule has 0 unspecified atom stereocenters. The fourth-order valence-corrected chi connectivity index (χ4v) is 9.24. The maximum absolute atomic E-state index is 5.08. The third-order valence-electron chi connectivity index (χ3n) is 9.88. The molecule has 5 aromatic heterocycles. The van der Waals surface area contributed by atoms with Crippen LogP contribution >= 0.6 is 11.3 Å². The smallest absolute Gasteiger partial charge is 0.0915 e. The van der Waals surface area contributed by atoms with E-state index in [1.54, 1.807) is 0 Å². The van der Waals surface area contributed by atoms with Crippen molar-refractivity contribution < 1.29 is 0 Å². The van der Waals surface area contributed by atoms with E-state index in [-0.39, 0.29) is 5.41 Å². The number of rotatable bonds is 3. The van der Waals surface area contributed by atoms with Gasteiger partial charge in [-0.15, -0.1) is 11.3 Å². The van der Waals surface area contributed by atoms with Gasteiger partial charge in [-0.1, -0.05) is 86.6 Å². The number of thiophene rings is 1. The zero-order chi connectivity index (χ0) is 31.3. The molecule has 0 amide bonds. The molecule has 5 heterocycles. The molecule has 1 aliphatic carbocycles. The molecular formula is C42H28N4S. The van der Waals surface area contributed by atoms with Gasteiger partial charge in [0.1, 0.15) is 0 Å². The van der Waals surface area contributed by atoms with Crippen LogP contribution in [0.15, 0.2) is 134 Å². The van der Waals surface area contributed by atoms with Crippen LogP contribution in [0.3, 0.4) is 0 Å². The van der Waals surface area contributed by atoms with Crippen LogP contribution in [0, 0.1) is 0 Å². The van der Waals surface area contributed by atoms with Crippen LogP contribution in [-0.4, -0.2) is 19.5 Å². The number of para-hydroxylation sites is 1. The Morgan fingerprint density at radius 2 is 1.28 bits per heavy atom. The summed E-state index contributed by atoms with van der Waals surface area (Å²) in [6, 6.07) is 43.3. The highest BCUT2D eigenvalue weighted by atomic mass is 32.1. The molecule has 4 aromatic carbocycles. The molecule has 0 saturated heterocycles. The van der Waals surface area contributed by atoms with E-state index < -0.39 is 0 Å². The maximum atomic E-state index is 5.08. The molecule has 4 nitrogen and oxygen atoms in total. The molecule has 9 aromatic rings. The predicted molar refractivity (Wildman–Crippen MR) is 195 cm³/mol. The third-order valence-corrected chi connectivity index (χ3v) is 11.1. The lowest BCUT2D eigenvalue weighted by molar-refractivity contribution is 0.667. The highest BCUT2D eigenvalue weighted by molar-refractivity contribution is 7.26. The minimum Gasteiger partial charge on any atom is -0.308 e. The van der Waals surface area contributed by atoms with Crippen molar-refractivity contribution in [1.29, 1.82) is 0 Å². The van der Waals surface area contributed by atoms with Gasteiger partial charge in [0.2, 0.25) is 0 Å². The van der Waals surface area contributed by atoms with Crippen molar-refractivity contribution in [2.75, 3.05) is 0 Å². The number of benzene rings is 4. The van der Waals surface area contributed by atoms with Gasteiger partial charge >= 0.3 is 0 Å². The van der Waals surface area contributed by atoms with Crippen LogP contribution in [0.2, 0.25) is 0 Å². The van der Waals surface area contributed by atoms with Crippen molar-refractivity contribution in [2.24, 2.45) is 0 Å². The topological polar surface area (TPSA) is 43.6 Å². The number of hydrogen-bond donors (Lipinski definition) is 0. The van der Waals surface area contributed by atoms with Crippen LogP contribution in [0.1, 0.15) is 25.0 Å². The first-order chi connectivity index (χ1) is 23.1. The fraction of sp³-hybridized carbons (Fsp3) is 0.0714. The van der Waals surface area contributed by atoms with Crippen molar-refractivity contribution in [3.05, 3.63) is 145 Å². The van der Waals surface area contributed by atoms with Crippen molar-refractivity contribution in [2.45, 2.75) is 19.3 Å². The zero-order valence-corrected chi connectivity index (χ0v) is 26.7. The molecule has 10 rings (SSSR count). The average molecular weight is 621 g/mol. The van der Waals surface area contributed by atoms with Crippen molar-refractivity contribution in [1.82, 2.24) is 19.5 Å². The first kappa shape index (κ1) is 26.6. The molecule has 1 aliphatic rings. The van der Waals surface area contributed by atoms with Gasteiger partial charge in [-0.2, -0.15) is 0 Å². The first-order valence-corrected chi connectivity index (χ1v) is 16.8. The minimum atomic E-state index is -0.0849. The Morgan fingerprint density at radius 1 is 0.596 bits per heavy atom. The minimum absolute atomic E-state index is 0.0849. The molecule has 5 heteroatoms. The molecule has 0 N–H and O–H groups in total. The van der Waals surface area contributed by atoms with Gasteiger partial charge in [-0.3, -0.25) is 9.97 Å². The predicted octanol–water partition coefficient (Wildman–Crippen LogP) is 11.0. The molecular weight excluding hydrogens is 593 g/mol. The van der Waals surface area contributed by atoms with Gasteiger partial charge in [0.05, 0.1) is 39.5 Å². The molecule has 0 fully saturated rings. The Balaban J connectivity index is 1.34. The van der Waals surface area contributed by atoms with Crippen LogP contribution in [-0.2, 0) is 5.41 Å². The van der Waals surface area contributed by atoms with E-state index in [1.165, 1.54) is 58.7 Å². The largest absolute Gasteiger partial charge is 0.308 e. The highest BCUT2D eigenvalue weighted by Gasteiger charge is 2.37. The normalized spacial score (nSPS) is 13.5. The van der Waals surface area contributed by atoms with Gasteiger partial charge in [0.25, 0.3) is 0 Å². The number of fused-ring (bicyclic) bond motifs is 11. The van der Waals surface area contributed by atoms with Crippen molar-refractivity contribution in [3.63, 3.8) is 0 Å². The standard InChI is InChI=1S/C42H28N4S/c1-42(2)31-13-5-3-11-26(31)28-17-18-30-38-37(47-41(30)39(28)42)20-19-29-27-12-4-6-16-36(27)46(40(29)38)25-23-34(32-14-7-9-21-43-32)45-35(24-25)33-15-8-10-22-44-33/h3-24H,1-2H3. The Kier molecular flexibility index (Phi) is 5.47. The Morgan fingerprint density at radius 3 is 2.02 bits per heavy atom. The summed E-state index contributed by atoms with van der Waals surface area (Å²) in [4.78, 5) is 14.5. The maximum Gasteiger partial charge on any atom is 0.0915 e. The van der Waals surface area contributed by atoms with Crippen LogP contribution in [0.4, 0.5) is 0 Å². The second-order valence-electron chi connectivity index (χ2n) is 12.9. The summed E-state index contributed by atoms with van der Waals surface area (Å²) < 4.78 is 5.11. The summed E-state index contributed by atoms with van der Waals surface area (Å²) in [7, 11) is 0. The number of hydrogen-bond acceptors (Lipinski definition) is 4. The molecule has 0 spiro atoms. The molecule has 0 radical (unpaired) electrons. The molecule has 0 atom stereocenters. The van der Waals surface area contributed by atoms with Gasteiger partial charge in [-0.05, 0) is 70.8 Å². The van der Waals surface area contributed by atoms with E-state index in [1.807, 2.05) is 60.1 Å². The summed E-state index contributed by atoms with van der Waals surface area (Å²) in [5.74, 6) is 0. The van der Waals surface area contributed by atoms with Gasteiger partial charge in [0, 0.05) is 48.8 Å². The Hall–Kier alpha value is -5.65. The zero-order valence-electron chi connectivity index (χ0n) is 25.9. The summed E-state index contributed by atoms with van der Waals surface area (Å²) in [6.45, 7) is 4.76. The van der Waals surface area contributed by atoms with Gasteiger partial charge in [0.15, 0.2) is 0 Å². The molecule has 47 heavy (non-hydrogen) atoms. The van der Waals surface area contributed by atoms with Crippen LogP contribution in [0.5, 0.6) is 0 Å². The van der Waals surface area contributed by atoms with Crippen LogP contribution in [0.25, 0.3) is 81.6 Å². The van der Waals surface area contributed by atoms with E-state index in [0.29, 0.717) is 0 Å². The molecule has 0 aliphatic heterocycles. The van der Waals surface area contributed by atoms with Gasteiger partial charge in [-0.25, -0.2) is 4.98 Å². The number of aromatic nitrogens is 4. The van der Waals surface area contributed by atoms with E-state index in [4.69, 9.17) is 4.98 Å². The molecule has 222 valence electrons. The van der Waals surface area contributed by atoms with E-state index in [2.05, 4.69) is 113 Å². The highest BCUT2D eigenvalue weighted by Crippen LogP contribution is 2.54. The summed E-state index contributed by atoms with van der Waals surface area (Å²) in [5, 5.41) is 5.08. The van der Waals surface area contributed by atoms with E-state index in [9.17, 15) is 0 Å². The summed E-state index contributed by atoms with van der Waals surface area (Å²) >= 11 is 1.92. The first-order valence-electron chi connectivity index (χ1n) is 15.9.